The van der Waals surface area contributed by atoms with Gasteiger partial charge < -0.3 is 5.32 Å². The molecule has 3 heteroatoms. The quantitative estimate of drug-likeness (QED) is 0.777. The van der Waals surface area contributed by atoms with Gasteiger partial charge in [0, 0.05) is 22.6 Å². The van der Waals surface area contributed by atoms with Gasteiger partial charge in [-0.3, -0.25) is 0 Å². The highest BCUT2D eigenvalue weighted by Gasteiger charge is 2.13. The Morgan fingerprint density at radius 3 is 2.35 bits per heavy atom. The summed E-state index contributed by atoms with van der Waals surface area (Å²) in [6, 6.07) is 6.17. The molecule has 1 rings (SSSR count). The van der Waals surface area contributed by atoms with Crippen LogP contribution in [0.5, 0.6) is 0 Å². The molecule has 0 aromatic heterocycles. The number of hydrogen-bond acceptors (Lipinski definition) is 1. The minimum Gasteiger partial charge on any atom is -0.310 e. The first-order valence-corrected chi connectivity index (χ1v) is 7.01. The molecule has 0 radical (unpaired) electrons. The van der Waals surface area contributed by atoms with E-state index in [1.165, 1.54) is 12.8 Å². The molecule has 0 fully saturated rings. The van der Waals surface area contributed by atoms with Crippen molar-refractivity contribution in [2.24, 2.45) is 5.92 Å². The third-order valence-electron chi connectivity index (χ3n) is 3.39. The Bertz CT molecular complexity index is 348. The van der Waals surface area contributed by atoms with Gasteiger partial charge in [-0.15, -0.1) is 0 Å². The summed E-state index contributed by atoms with van der Waals surface area (Å²) < 4.78 is 0. The van der Waals surface area contributed by atoms with Crippen LogP contribution in [0.1, 0.15) is 39.2 Å². The molecule has 0 saturated heterocycles. The highest BCUT2D eigenvalue weighted by atomic mass is 35.5. The van der Waals surface area contributed by atoms with E-state index >= 15 is 0 Å². The molecule has 0 aliphatic heterocycles. The molecule has 0 spiro atoms. The Balaban J connectivity index is 2.55. The molecule has 1 N–H and O–H groups in total. The number of halogens is 2. The molecule has 1 unspecified atom stereocenters. The maximum Gasteiger partial charge on any atom is 0.0465 e. The summed E-state index contributed by atoms with van der Waals surface area (Å²) in [5.74, 6) is 0.723. The van der Waals surface area contributed by atoms with E-state index in [1.807, 2.05) is 12.1 Å². The molecule has 17 heavy (non-hydrogen) atoms. The zero-order valence-corrected chi connectivity index (χ0v) is 12.3. The van der Waals surface area contributed by atoms with E-state index in [2.05, 4.69) is 26.1 Å². The topological polar surface area (TPSA) is 12.0 Å². The van der Waals surface area contributed by atoms with Gasteiger partial charge in [0.25, 0.3) is 0 Å². The van der Waals surface area contributed by atoms with Crippen molar-refractivity contribution < 1.29 is 0 Å². The Kier molecular flexibility index (Phi) is 6.32. The van der Waals surface area contributed by atoms with Gasteiger partial charge >= 0.3 is 0 Å². The van der Waals surface area contributed by atoms with Crippen LogP contribution in [0.3, 0.4) is 0 Å². The summed E-state index contributed by atoms with van der Waals surface area (Å²) in [7, 11) is 0. The summed E-state index contributed by atoms with van der Waals surface area (Å²) in [4.78, 5) is 0. The fraction of sp³-hybridized carbons (Fsp3) is 0.571. The number of hydrogen-bond donors (Lipinski definition) is 1. The maximum absolute atomic E-state index is 6.14. The first kappa shape index (κ1) is 14.8. The van der Waals surface area contributed by atoms with Gasteiger partial charge in [0.1, 0.15) is 0 Å². The lowest BCUT2D eigenvalue weighted by molar-refractivity contribution is 0.353. The summed E-state index contributed by atoms with van der Waals surface area (Å²) >= 11 is 12.0. The number of benzene rings is 1. The second-order valence-corrected chi connectivity index (χ2v) is 5.33. The van der Waals surface area contributed by atoms with Gasteiger partial charge in [-0.2, -0.15) is 0 Å². The van der Waals surface area contributed by atoms with Crippen LogP contribution in [0.25, 0.3) is 0 Å². The minimum atomic E-state index is 0.511. The Morgan fingerprint density at radius 2 is 1.82 bits per heavy atom. The molecule has 0 aliphatic rings. The Labute approximate surface area is 115 Å². The minimum absolute atomic E-state index is 0.511. The van der Waals surface area contributed by atoms with Crippen molar-refractivity contribution in [1.29, 1.82) is 0 Å². The average Bonchev–Trinajstić information content (AvgIpc) is 2.29. The second kappa shape index (κ2) is 7.25. The summed E-state index contributed by atoms with van der Waals surface area (Å²) in [6.07, 6.45) is 2.41. The Hall–Kier alpha value is -0.240. The van der Waals surface area contributed by atoms with Crippen LogP contribution in [-0.2, 0) is 6.54 Å². The fourth-order valence-electron chi connectivity index (χ4n) is 2.10. The van der Waals surface area contributed by atoms with E-state index in [4.69, 9.17) is 23.2 Å². The molecule has 1 aromatic rings. The van der Waals surface area contributed by atoms with Gasteiger partial charge in [-0.25, -0.2) is 0 Å². The largest absolute Gasteiger partial charge is 0.310 e. The molecule has 1 atom stereocenters. The second-order valence-electron chi connectivity index (χ2n) is 4.48. The zero-order valence-electron chi connectivity index (χ0n) is 10.8. The highest BCUT2D eigenvalue weighted by Crippen LogP contribution is 2.21. The van der Waals surface area contributed by atoms with Crippen LogP contribution in [-0.4, -0.2) is 6.04 Å². The monoisotopic (exact) mass is 273 g/mol. The molecule has 1 aromatic carbocycles. The van der Waals surface area contributed by atoms with Crippen LogP contribution in [0.2, 0.25) is 10.0 Å². The van der Waals surface area contributed by atoms with Crippen molar-refractivity contribution in [3.8, 4) is 0 Å². The van der Waals surface area contributed by atoms with E-state index in [-0.39, 0.29) is 0 Å². The van der Waals surface area contributed by atoms with Crippen LogP contribution < -0.4 is 5.32 Å². The lowest BCUT2D eigenvalue weighted by atomic mass is 9.95. The van der Waals surface area contributed by atoms with Crippen molar-refractivity contribution in [3.05, 3.63) is 33.8 Å². The molecule has 0 amide bonds. The smallest absolute Gasteiger partial charge is 0.0465 e. The van der Waals surface area contributed by atoms with Crippen molar-refractivity contribution in [2.75, 3.05) is 0 Å². The predicted octanol–water partition coefficient (Wildman–Crippen LogP) is 4.91. The van der Waals surface area contributed by atoms with Crippen LogP contribution in [0, 0.1) is 5.92 Å². The fourth-order valence-corrected chi connectivity index (χ4v) is 2.57. The zero-order chi connectivity index (χ0) is 12.8. The van der Waals surface area contributed by atoms with E-state index in [1.54, 1.807) is 6.07 Å². The number of rotatable bonds is 6. The highest BCUT2D eigenvalue weighted by molar-refractivity contribution is 6.35. The van der Waals surface area contributed by atoms with Gasteiger partial charge in [-0.05, 0) is 30.5 Å². The van der Waals surface area contributed by atoms with E-state index in [9.17, 15) is 0 Å². The molecule has 1 nitrogen and oxygen atoms in total. The van der Waals surface area contributed by atoms with E-state index in [0.717, 1.165) is 23.0 Å². The molecule has 96 valence electrons. The summed E-state index contributed by atoms with van der Waals surface area (Å²) in [5.41, 5.74) is 1.11. The van der Waals surface area contributed by atoms with Crippen molar-refractivity contribution >= 4 is 23.2 Å². The summed E-state index contributed by atoms with van der Waals surface area (Å²) in [6.45, 7) is 7.51. The lowest BCUT2D eigenvalue weighted by Gasteiger charge is -2.22. The van der Waals surface area contributed by atoms with Crippen molar-refractivity contribution in [2.45, 2.75) is 46.2 Å². The number of nitrogens with one attached hydrogen (secondary N) is 1. The third-order valence-corrected chi connectivity index (χ3v) is 3.97. The van der Waals surface area contributed by atoms with Gasteiger partial charge in [0.05, 0.1) is 0 Å². The standard InChI is InChI=1S/C14H21Cl2N/c1-4-11(5-2)10(3)17-9-12-6-7-13(15)8-14(12)16/h6-8,10-11,17H,4-5,9H2,1-3H3. The van der Waals surface area contributed by atoms with Crippen LogP contribution in [0.4, 0.5) is 0 Å². The molecular weight excluding hydrogens is 253 g/mol. The predicted molar refractivity (Wildman–Crippen MR) is 76.8 cm³/mol. The van der Waals surface area contributed by atoms with Crippen molar-refractivity contribution in [1.82, 2.24) is 5.32 Å². The SMILES string of the molecule is CCC(CC)C(C)NCc1ccc(Cl)cc1Cl. The first-order valence-electron chi connectivity index (χ1n) is 6.25. The van der Waals surface area contributed by atoms with Crippen LogP contribution in [0.15, 0.2) is 18.2 Å². The maximum atomic E-state index is 6.14. The lowest BCUT2D eigenvalue weighted by Crippen LogP contribution is -2.32. The van der Waals surface area contributed by atoms with Gasteiger partial charge in [0.2, 0.25) is 0 Å². The Morgan fingerprint density at radius 1 is 1.18 bits per heavy atom. The van der Waals surface area contributed by atoms with E-state index in [0.29, 0.717) is 11.1 Å². The molecular formula is C14H21Cl2N. The van der Waals surface area contributed by atoms with Crippen LogP contribution >= 0.6 is 23.2 Å². The normalized spacial score (nSPS) is 13.1. The van der Waals surface area contributed by atoms with Gasteiger partial charge in [0.15, 0.2) is 0 Å². The molecule has 0 aliphatic carbocycles. The first-order chi connectivity index (χ1) is 8.08. The molecule has 0 heterocycles. The third kappa shape index (κ3) is 4.50. The van der Waals surface area contributed by atoms with E-state index < -0.39 is 0 Å². The molecule has 0 saturated carbocycles. The van der Waals surface area contributed by atoms with Gasteiger partial charge in [-0.1, -0.05) is 56.0 Å². The average molecular weight is 274 g/mol. The van der Waals surface area contributed by atoms with Crippen molar-refractivity contribution in [3.63, 3.8) is 0 Å². The molecule has 0 bridgehead atoms. The summed E-state index contributed by atoms with van der Waals surface area (Å²) in [5, 5.41) is 4.96.